The van der Waals surface area contributed by atoms with Gasteiger partial charge in [-0.2, -0.15) is 0 Å². The van der Waals surface area contributed by atoms with Gasteiger partial charge in [0.05, 0.1) is 11.4 Å². The normalized spacial score (nSPS) is 11.8. The molecule has 0 aliphatic rings. The highest BCUT2D eigenvalue weighted by Crippen LogP contribution is 2.47. The Hall–Kier alpha value is -5.96. The third-order valence-corrected chi connectivity index (χ3v) is 11.0. The van der Waals surface area contributed by atoms with Gasteiger partial charge in [0.2, 0.25) is 0 Å². The van der Waals surface area contributed by atoms with Crippen LogP contribution in [0.3, 0.4) is 0 Å². The minimum Gasteiger partial charge on any atom is -0.309 e. The molecule has 2 heteroatoms. The number of hydrogen-bond donors (Lipinski definition) is 0. The van der Waals surface area contributed by atoms with Crippen LogP contribution in [0.4, 0.5) is 17.1 Å². The Morgan fingerprint density at radius 1 is 0.333 bits per heavy atom. The first-order chi connectivity index (χ1) is 23.8. The fourth-order valence-electron chi connectivity index (χ4n) is 7.62. The number of anilines is 3. The average molecular weight is 628 g/mol. The van der Waals surface area contributed by atoms with Crippen molar-refractivity contribution in [2.24, 2.45) is 0 Å². The molecule has 1 heterocycles. The Morgan fingerprint density at radius 3 is 1.52 bits per heavy atom. The maximum atomic E-state index is 2.45. The summed E-state index contributed by atoms with van der Waals surface area (Å²) in [4.78, 5) is 2.45. The monoisotopic (exact) mass is 627 g/mol. The summed E-state index contributed by atoms with van der Waals surface area (Å²) < 4.78 is 2.62. The Labute approximate surface area is 282 Å². The second-order valence-electron chi connectivity index (χ2n) is 12.5. The molecule has 0 N–H and O–H groups in total. The number of rotatable bonds is 4. The van der Waals surface area contributed by atoms with Crippen molar-refractivity contribution in [1.82, 2.24) is 0 Å². The summed E-state index contributed by atoms with van der Waals surface area (Å²) in [5.41, 5.74) is 6.06. The summed E-state index contributed by atoms with van der Waals surface area (Å²) >= 11 is 1.90. The molecule has 0 saturated carbocycles. The van der Waals surface area contributed by atoms with Gasteiger partial charge < -0.3 is 4.90 Å². The minimum atomic E-state index is 1.15. The molecule has 48 heavy (non-hydrogen) atoms. The van der Waals surface area contributed by atoms with Crippen LogP contribution in [0.15, 0.2) is 176 Å². The number of thiophene rings is 1. The van der Waals surface area contributed by atoms with Crippen molar-refractivity contribution in [2.75, 3.05) is 4.90 Å². The molecule has 0 saturated heterocycles. The van der Waals surface area contributed by atoms with Gasteiger partial charge in [-0.1, -0.05) is 146 Å². The van der Waals surface area contributed by atoms with Gasteiger partial charge in [-0.05, 0) is 68.4 Å². The van der Waals surface area contributed by atoms with E-state index in [1.165, 1.54) is 85.8 Å². The van der Waals surface area contributed by atoms with Crippen molar-refractivity contribution in [3.63, 3.8) is 0 Å². The maximum Gasteiger partial charge on any atom is 0.0540 e. The van der Waals surface area contributed by atoms with Gasteiger partial charge >= 0.3 is 0 Å². The first-order valence-electron chi connectivity index (χ1n) is 16.4. The highest BCUT2D eigenvalue weighted by Gasteiger charge is 2.20. The van der Waals surface area contributed by atoms with Crippen LogP contribution >= 0.6 is 11.3 Å². The van der Waals surface area contributed by atoms with Crippen molar-refractivity contribution in [1.29, 1.82) is 0 Å². The van der Waals surface area contributed by atoms with Crippen LogP contribution in [0.2, 0.25) is 0 Å². The molecule has 10 rings (SSSR count). The van der Waals surface area contributed by atoms with Crippen LogP contribution in [-0.4, -0.2) is 0 Å². The van der Waals surface area contributed by atoms with Crippen molar-refractivity contribution < 1.29 is 0 Å². The molecule has 1 nitrogen and oxygen atoms in total. The van der Waals surface area contributed by atoms with Gasteiger partial charge in [0.25, 0.3) is 0 Å². The lowest BCUT2D eigenvalue weighted by Crippen LogP contribution is -2.10. The van der Waals surface area contributed by atoms with Crippen LogP contribution in [0, 0.1) is 0 Å². The number of benzene rings is 9. The molecule has 0 radical (unpaired) electrons. The Kier molecular flexibility index (Phi) is 6.12. The van der Waals surface area contributed by atoms with Crippen LogP contribution in [0.25, 0.3) is 74.4 Å². The molecule has 0 amide bonds. The second kappa shape index (κ2) is 10.8. The summed E-state index contributed by atoms with van der Waals surface area (Å²) in [6.45, 7) is 0. The first-order valence-corrected chi connectivity index (χ1v) is 17.3. The summed E-state index contributed by atoms with van der Waals surface area (Å²) in [5, 5.41) is 12.7. The highest BCUT2D eigenvalue weighted by atomic mass is 32.1. The minimum absolute atomic E-state index is 1.15. The maximum absolute atomic E-state index is 2.45. The lowest BCUT2D eigenvalue weighted by atomic mass is 9.92. The molecule has 0 spiro atoms. The summed E-state index contributed by atoms with van der Waals surface area (Å²) in [6.07, 6.45) is 0. The standard InChI is InChI=1S/C46H29NS/c1-4-18-34-30(12-1)15-9-23-37(34)41-29-42-39-27-26-33(28-45(39)48-46(42)40-22-8-7-21-38(40)41)47(43-24-10-16-31-13-2-5-19-35(31)43)44-25-11-17-32-14-3-6-20-36(32)44/h1-29H. The molecule has 0 aliphatic heterocycles. The van der Waals surface area contributed by atoms with E-state index in [9.17, 15) is 0 Å². The third-order valence-electron chi connectivity index (χ3n) is 9.82. The predicted molar refractivity (Wildman–Crippen MR) is 209 cm³/mol. The summed E-state index contributed by atoms with van der Waals surface area (Å²) in [6, 6.07) is 64.4. The van der Waals surface area contributed by atoms with E-state index in [-0.39, 0.29) is 0 Å². The molecule has 0 fully saturated rings. The highest BCUT2D eigenvalue weighted by molar-refractivity contribution is 7.26. The average Bonchev–Trinajstić information content (AvgIpc) is 3.53. The summed E-state index contributed by atoms with van der Waals surface area (Å²) in [7, 11) is 0. The first kappa shape index (κ1) is 27.2. The fourth-order valence-corrected chi connectivity index (χ4v) is 8.88. The van der Waals surface area contributed by atoms with Crippen LogP contribution in [-0.2, 0) is 0 Å². The number of hydrogen-bond acceptors (Lipinski definition) is 2. The molecule has 1 aromatic heterocycles. The second-order valence-corrected chi connectivity index (χ2v) is 13.5. The lowest BCUT2D eigenvalue weighted by Gasteiger charge is -2.28. The van der Waals surface area contributed by atoms with Crippen LogP contribution < -0.4 is 4.90 Å². The van der Waals surface area contributed by atoms with E-state index < -0.39 is 0 Å². The zero-order valence-electron chi connectivity index (χ0n) is 26.1. The topological polar surface area (TPSA) is 3.24 Å². The zero-order valence-corrected chi connectivity index (χ0v) is 26.9. The molecule has 10 aromatic rings. The molecule has 0 atom stereocenters. The van der Waals surface area contributed by atoms with Crippen LogP contribution in [0.1, 0.15) is 0 Å². The number of fused-ring (bicyclic) bond motifs is 8. The molecular weight excluding hydrogens is 599 g/mol. The van der Waals surface area contributed by atoms with Gasteiger partial charge in [-0.25, -0.2) is 0 Å². The number of nitrogens with zero attached hydrogens (tertiary/aromatic N) is 1. The van der Waals surface area contributed by atoms with Gasteiger partial charge in [-0.15, -0.1) is 11.3 Å². The molecule has 0 aliphatic carbocycles. The summed E-state index contributed by atoms with van der Waals surface area (Å²) in [5.74, 6) is 0. The van der Waals surface area contributed by atoms with E-state index in [1.54, 1.807) is 0 Å². The molecule has 9 aromatic carbocycles. The van der Waals surface area contributed by atoms with Gasteiger partial charge in [0.1, 0.15) is 0 Å². The van der Waals surface area contributed by atoms with E-state index in [4.69, 9.17) is 0 Å². The van der Waals surface area contributed by atoms with E-state index >= 15 is 0 Å². The van der Waals surface area contributed by atoms with E-state index in [0.29, 0.717) is 0 Å². The Bertz CT molecular complexity index is 2770. The van der Waals surface area contributed by atoms with Crippen LogP contribution in [0.5, 0.6) is 0 Å². The Morgan fingerprint density at radius 2 is 0.854 bits per heavy atom. The molecular formula is C46H29NS. The molecule has 0 unspecified atom stereocenters. The largest absolute Gasteiger partial charge is 0.309 e. The SMILES string of the molecule is c1ccc2c(-c3cc4c5ccc(N(c6cccc7ccccc67)c6cccc7ccccc67)cc5sc4c4ccccc34)cccc2c1. The van der Waals surface area contributed by atoms with Crippen molar-refractivity contribution in [3.05, 3.63) is 176 Å². The lowest BCUT2D eigenvalue weighted by molar-refractivity contribution is 1.32. The quantitative estimate of drug-likeness (QED) is 0.188. The smallest absolute Gasteiger partial charge is 0.0540 e. The van der Waals surface area contributed by atoms with E-state index in [2.05, 4.69) is 181 Å². The predicted octanol–water partition coefficient (Wildman–Crippen LogP) is 13.8. The van der Waals surface area contributed by atoms with Gasteiger partial charge in [0, 0.05) is 42.0 Å². The van der Waals surface area contributed by atoms with Gasteiger partial charge in [0.15, 0.2) is 0 Å². The Balaban J connectivity index is 1.25. The van der Waals surface area contributed by atoms with Crippen molar-refractivity contribution in [2.45, 2.75) is 0 Å². The van der Waals surface area contributed by atoms with E-state index in [1.807, 2.05) is 11.3 Å². The molecule has 224 valence electrons. The van der Waals surface area contributed by atoms with Gasteiger partial charge in [-0.3, -0.25) is 0 Å². The zero-order chi connectivity index (χ0) is 31.6. The third kappa shape index (κ3) is 4.17. The molecule has 0 bridgehead atoms. The van der Waals surface area contributed by atoms with Crippen molar-refractivity contribution in [3.8, 4) is 11.1 Å². The van der Waals surface area contributed by atoms with Crippen molar-refractivity contribution >= 4 is 91.7 Å². The fraction of sp³-hybridized carbons (Fsp3) is 0. The van der Waals surface area contributed by atoms with E-state index in [0.717, 1.165) is 5.69 Å².